The summed E-state index contributed by atoms with van der Waals surface area (Å²) in [6, 6.07) is 0.134. The van der Waals surface area contributed by atoms with Gasteiger partial charge in [0, 0.05) is 18.4 Å². The number of amides is 1. The van der Waals surface area contributed by atoms with Crippen molar-refractivity contribution in [3.8, 4) is 0 Å². The van der Waals surface area contributed by atoms with Crippen molar-refractivity contribution in [3.63, 3.8) is 0 Å². The molecular weight excluding hydrogens is 224 g/mol. The summed E-state index contributed by atoms with van der Waals surface area (Å²) < 4.78 is 0. The lowest BCUT2D eigenvalue weighted by atomic mass is 10.3. The molecule has 6 heteroatoms. The number of carbonyl (C=O) groups excluding carboxylic acids is 1. The van der Waals surface area contributed by atoms with Gasteiger partial charge in [-0.15, -0.1) is 0 Å². The maximum atomic E-state index is 11.6. The van der Waals surface area contributed by atoms with E-state index in [2.05, 4.69) is 15.3 Å². The Morgan fingerprint density at radius 1 is 1.38 bits per heavy atom. The maximum Gasteiger partial charge on any atom is 0.233 e. The molecule has 1 heterocycles. The lowest BCUT2D eigenvalue weighted by molar-refractivity contribution is -0.120. The third-order valence-electron chi connectivity index (χ3n) is 1.78. The first kappa shape index (κ1) is 12.8. The number of nitrogens with zero attached hydrogens (tertiary/aromatic N) is 2. The van der Waals surface area contributed by atoms with Crippen molar-refractivity contribution in [1.29, 1.82) is 0 Å². The molecule has 1 aromatic rings. The van der Waals surface area contributed by atoms with Crippen molar-refractivity contribution in [1.82, 2.24) is 15.3 Å². The zero-order valence-electron chi connectivity index (χ0n) is 9.60. The number of carbonyl (C=O) groups is 1. The van der Waals surface area contributed by atoms with E-state index in [4.69, 9.17) is 5.73 Å². The summed E-state index contributed by atoms with van der Waals surface area (Å²) in [6.45, 7) is 5.66. The Hall–Kier alpha value is -1.30. The molecule has 1 amide bonds. The molecule has 1 rings (SSSR count). The fourth-order valence-electron chi connectivity index (χ4n) is 1.05. The normalized spacial score (nSPS) is 12.5. The van der Waals surface area contributed by atoms with Crippen LogP contribution in [-0.2, 0) is 4.79 Å². The van der Waals surface area contributed by atoms with Crippen LogP contribution in [0.3, 0.4) is 0 Å². The van der Waals surface area contributed by atoms with E-state index in [9.17, 15) is 4.79 Å². The Morgan fingerprint density at radius 3 is 2.56 bits per heavy atom. The number of nitrogens with one attached hydrogen (secondary N) is 1. The van der Waals surface area contributed by atoms with Crippen LogP contribution in [-0.4, -0.2) is 27.2 Å². The predicted molar refractivity (Wildman–Crippen MR) is 65.0 cm³/mol. The largest absolute Gasteiger partial charge is 0.381 e. The number of hydrogen-bond donors (Lipinski definition) is 2. The van der Waals surface area contributed by atoms with Crippen molar-refractivity contribution < 1.29 is 4.79 Å². The Labute approximate surface area is 99.2 Å². The molecule has 0 saturated heterocycles. The molecular formula is C10H16N4OS. The van der Waals surface area contributed by atoms with Gasteiger partial charge in [0.05, 0.1) is 5.25 Å². The molecule has 0 aromatic carbocycles. The first-order valence-electron chi connectivity index (χ1n) is 5.04. The molecule has 1 unspecified atom stereocenters. The van der Waals surface area contributed by atoms with Crippen LogP contribution < -0.4 is 11.1 Å². The molecule has 1 aromatic heterocycles. The minimum atomic E-state index is -0.235. The molecule has 0 aliphatic rings. The van der Waals surface area contributed by atoms with Crippen LogP contribution in [0.1, 0.15) is 20.8 Å². The van der Waals surface area contributed by atoms with Crippen LogP contribution in [0.4, 0.5) is 5.82 Å². The number of nitrogens with two attached hydrogens (primary N) is 1. The van der Waals surface area contributed by atoms with E-state index in [0.717, 1.165) is 0 Å². The second kappa shape index (κ2) is 5.69. The Morgan fingerprint density at radius 2 is 2.00 bits per heavy atom. The van der Waals surface area contributed by atoms with E-state index in [0.29, 0.717) is 10.8 Å². The number of rotatable bonds is 4. The summed E-state index contributed by atoms with van der Waals surface area (Å²) in [4.78, 5) is 19.6. The predicted octanol–water partition coefficient (Wildman–Crippen LogP) is 1.06. The Balaban J connectivity index is 2.61. The summed E-state index contributed by atoms with van der Waals surface area (Å²) in [5.41, 5.74) is 5.64. The number of thioether (sulfide) groups is 1. The van der Waals surface area contributed by atoms with Gasteiger partial charge in [0.25, 0.3) is 0 Å². The standard InChI is InChI=1S/C10H16N4OS/c1-6(2)14-9(15)7(3)16-10-8(11)12-4-5-13-10/h4-7H,1-3H3,(H2,11,12)(H,14,15). The van der Waals surface area contributed by atoms with Crippen LogP contribution in [0.25, 0.3) is 0 Å². The summed E-state index contributed by atoms with van der Waals surface area (Å²) in [5, 5.41) is 3.19. The number of aromatic nitrogens is 2. The average molecular weight is 240 g/mol. The zero-order chi connectivity index (χ0) is 12.1. The van der Waals surface area contributed by atoms with Crippen LogP contribution in [0.2, 0.25) is 0 Å². The van der Waals surface area contributed by atoms with E-state index >= 15 is 0 Å². The first-order chi connectivity index (χ1) is 7.50. The van der Waals surface area contributed by atoms with Crippen molar-refractivity contribution in [2.75, 3.05) is 5.73 Å². The fourth-order valence-corrected chi connectivity index (χ4v) is 1.85. The molecule has 0 aliphatic heterocycles. The summed E-state index contributed by atoms with van der Waals surface area (Å²) in [5.74, 6) is 0.335. The van der Waals surface area contributed by atoms with Crippen LogP contribution in [0.15, 0.2) is 17.4 Å². The SMILES string of the molecule is CC(C)NC(=O)C(C)Sc1nccnc1N. The third-order valence-corrected chi connectivity index (χ3v) is 2.89. The smallest absolute Gasteiger partial charge is 0.233 e. The van der Waals surface area contributed by atoms with Crippen molar-refractivity contribution in [2.45, 2.75) is 37.1 Å². The minimum Gasteiger partial charge on any atom is -0.381 e. The van der Waals surface area contributed by atoms with E-state index < -0.39 is 0 Å². The molecule has 1 atom stereocenters. The highest BCUT2D eigenvalue weighted by molar-refractivity contribution is 8.00. The van der Waals surface area contributed by atoms with Gasteiger partial charge in [-0.2, -0.15) is 0 Å². The molecule has 0 fully saturated rings. The third kappa shape index (κ3) is 3.69. The first-order valence-corrected chi connectivity index (χ1v) is 5.92. The lowest BCUT2D eigenvalue weighted by Crippen LogP contribution is -2.35. The molecule has 3 N–H and O–H groups in total. The quantitative estimate of drug-likeness (QED) is 0.769. The van der Waals surface area contributed by atoms with Crippen LogP contribution >= 0.6 is 11.8 Å². The number of hydrogen-bond acceptors (Lipinski definition) is 5. The van der Waals surface area contributed by atoms with Gasteiger partial charge in [-0.05, 0) is 20.8 Å². The molecule has 0 radical (unpaired) electrons. The van der Waals surface area contributed by atoms with Gasteiger partial charge in [0.1, 0.15) is 5.03 Å². The number of nitrogen functional groups attached to an aromatic ring is 1. The van der Waals surface area contributed by atoms with Gasteiger partial charge in [-0.1, -0.05) is 11.8 Å². The van der Waals surface area contributed by atoms with Crippen molar-refractivity contribution in [2.24, 2.45) is 0 Å². The average Bonchev–Trinajstić information content (AvgIpc) is 2.20. The minimum absolute atomic E-state index is 0.0231. The monoisotopic (exact) mass is 240 g/mol. The molecule has 0 bridgehead atoms. The second-order valence-corrected chi connectivity index (χ2v) is 5.00. The molecule has 88 valence electrons. The highest BCUT2D eigenvalue weighted by atomic mass is 32.2. The topological polar surface area (TPSA) is 80.9 Å². The fraction of sp³-hybridized carbons (Fsp3) is 0.500. The molecule has 16 heavy (non-hydrogen) atoms. The molecule has 5 nitrogen and oxygen atoms in total. The van der Waals surface area contributed by atoms with Gasteiger partial charge in [0.15, 0.2) is 5.82 Å². The highest BCUT2D eigenvalue weighted by Gasteiger charge is 2.17. The summed E-state index contributed by atoms with van der Waals surface area (Å²) >= 11 is 1.31. The van der Waals surface area contributed by atoms with Gasteiger partial charge in [-0.25, -0.2) is 9.97 Å². The molecule has 0 aliphatic carbocycles. The van der Waals surface area contributed by atoms with Crippen molar-refractivity contribution in [3.05, 3.63) is 12.4 Å². The summed E-state index contributed by atoms with van der Waals surface area (Å²) in [6.07, 6.45) is 3.09. The molecule has 0 spiro atoms. The second-order valence-electron chi connectivity index (χ2n) is 3.67. The van der Waals surface area contributed by atoms with Gasteiger partial charge in [-0.3, -0.25) is 4.79 Å². The van der Waals surface area contributed by atoms with Gasteiger partial charge >= 0.3 is 0 Å². The van der Waals surface area contributed by atoms with E-state index in [-0.39, 0.29) is 17.2 Å². The molecule has 0 saturated carbocycles. The Bertz CT molecular complexity index is 370. The van der Waals surface area contributed by atoms with Gasteiger partial charge < -0.3 is 11.1 Å². The van der Waals surface area contributed by atoms with Crippen LogP contribution in [0.5, 0.6) is 0 Å². The summed E-state index contributed by atoms with van der Waals surface area (Å²) in [7, 11) is 0. The van der Waals surface area contributed by atoms with Crippen LogP contribution in [0, 0.1) is 0 Å². The zero-order valence-corrected chi connectivity index (χ0v) is 10.4. The lowest BCUT2D eigenvalue weighted by Gasteiger charge is -2.14. The van der Waals surface area contributed by atoms with E-state index in [1.807, 2.05) is 20.8 Å². The van der Waals surface area contributed by atoms with E-state index in [1.165, 1.54) is 18.0 Å². The number of anilines is 1. The van der Waals surface area contributed by atoms with Crippen molar-refractivity contribution >= 4 is 23.5 Å². The maximum absolute atomic E-state index is 11.6. The Kier molecular flexibility index (Phi) is 4.54. The highest BCUT2D eigenvalue weighted by Crippen LogP contribution is 2.24. The van der Waals surface area contributed by atoms with E-state index in [1.54, 1.807) is 6.20 Å². The van der Waals surface area contributed by atoms with Gasteiger partial charge in [0.2, 0.25) is 5.91 Å².